The molecule has 2 aliphatic heterocycles. The first-order valence-corrected chi connectivity index (χ1v) is 10.4. The fourth-order valence-electron chi connectivity index (χ4n) is 3.94. The van der Waals surface area contributed by atoms with E-state index in [0.717, 1.165) is 42.0 Å². The van der Waals surface area contributed by atoms with Crippen molar-refractivity contribution in [2.24, 2.45) is 4.99 Å². The maximum absolute atomic E-state index is 13.4. The van der Waals surface area contributed by atoms with Crippen molar-refractivity contribution in [3.05, 3.63) is 53.8 Å². The van der Waals surface area contributed by atoms with Gasteiger partial charge >= 0.3 is 0 Å². The zero-order chi connectivity index (χ0) is 20.8. The molecule has 0 amide bonds. The monoisotopic (exact) mass is 541 g/mol. The summed E-state index contributed by atoms with van der Waals surface area (Å²) >= 11 is 0. The van der Waals surface area contributed by atoms with Gasteiger partial charge in [0.15, 0.2) is 17.5 Å². The molecule has 4 rings (SSSR count). The van der Waals surface area contributed by atoms with E-state index in [0.29, 0.717) is 38.9 Å². The van der Waals surface area contributed by atoms with E-state index in [-0.39, 0.29) is 35.2 Å². The highest BCUT2D eigenvalue weighted by Crippen LogP contribution is 2.35. The Bertz CT molecular complexity index is 886. The number of benzene rings is 2. The lowest BCUT2D eigenvalue weighted by Gasteiger charge is -2.38. The standard InChI is InChI=1S/C23H28FN3O3.HI/c1-25-22(27-19-7-8-20-21(15-19)30-12-2-11-29-20)26-16-23(9-13-28-14-10-23)17-3-5-18(24)6-4-17;/h3-8,15H,2,9-14,16H2,1H3,(H2,25,26,27);1H. The molecule has 1 fully saturated rings. The number of guanidine groups is 1. The molecule has 1 saturated heterocycles. The van der Waals surface area contributed by atoms with Gasteiger partial charge in [0.1, 0.15) is 5.82 Å². The van der Waals surface area contributed by atoms with Crippen LogP contribution in [0.5, 0.6) is 11.5 Å². The molecule has 6 nitrogen and oxygen atoms in total. The summed E-state index contributed by atoms with van der Waals surface area (Å²) in [6.45, 7) is 3.36. The molecule has 168 valence electrons. The summed E-state index contributed by atoms with van der Waals surface area (Å²) in [5.41, 5.74) is 1.86. The summed E-state index contributed by atoms with van der Waals surface area (Å²) in [6.07, 6.45) is 2.61. The third-order valence-corrected chi connectivity index (χ3v) is 5.73. The molecule has 2 N–H and O–H groups in total. The van der Waals surface area contributed by atoms with Crippen molar-refractivity contribution >= 4 is 35.6 Å². The fraction of sp³-hybridized carbons (Fsp3) is 0.435. The molecule has 0 unspecified atom stereocenters. The molecule has 0 bridgehead atoms. The van der Waals surface area contributed by atoms with Crippen LogP contribution in [0.3, 0.4) is 0 Å². The molecule has 8 heteroatoms. The van der Waals surface area contributed by atoms with E-state index in [2.05, 4.69) is 15.6 Å². The van der Waals surface area contributed by atoms with Crippen molar-refractivity contribution in [2.45, 2.75) is 24.7 Å². The maximum Gasteiger partial charge on any atom is 0.195 e. The number of anilines is 1. The van der Waals surface area contributed by atoms with Crippen molar-refractivity contribution in [1.29, 1.82) is 0 Å². The minimum atomic E-state index is -0.221. The van der Waals surface area contributed by atoms with Crippen LogP contribution in [-0.2, 0) is 10.2 Å². The van der Waals surface area contributed by atoms with Crippen LogP contribution in [0.4, 0.5) is 10.1 Å². The normalized spacial score (nSPS) is 17.8. The Morgan fingerprint density at radius 3 is 2.42 bits per heavy atom. The van der Waals surface area contributed by atoms with Gasteiger partial charge in [0.05, 0.1) is 13.2 Å². The molecule has 0 spiro atoms. The molecule has 0 radical (unpaired) electrons. The van der Waals surface area contributed by atoms with Crippen molar-refractivity contribution in [3.8, 4) is 11.5 Å². The van der Waals surface area contributed by atoms with E-state index in [1.54, 1.807) is 7.05 Å². The summed E-state index contributed by atoms with van der Waals surface area (Å²) < 4.78 is 30.5. The summed E-state index contributed by atoms with van der Waals surface area (Å²) in [4.78, 5) is 4.37. The highest BCUT2D eigenvalue weighted by atomic mass is 127. The predicted molar refractivity (Wildman–Crippen MR) is 131 cm³/mol. The van der Waals surface area contributed by atoms with E-state index >= 15 is 0 Å². The third-order valence-electron chi connectivity index (χ3n) is 5.73. The maximum atomic E-state index is 13.4. The SMILES string of the molecule is CN=C(NCC1(c2ccc(F)cc2)CCOCC1)Nc1ccc2c(c1)OCCCO2.I. The van der Waals surface area contributed by atoms with Gasteiger partial charge in [-0.2, -0.15) is 0 Å². The van der Waals surface area contributed by atoms with Crippen molar-refractivity contribution in [3.63, 3.8) is 0 Å². The average molecular weight is 541 g/mol. The van der Waals surface area contributed by atoms with Gasteiger partial charge in [-0.3, -0.25) is 4.99 Å². The van der Waals surface area contributed by atoms with E-state index in [1.165, 1.54) is 12.1 Å². The van der Waals surface area contributed by atoms with E-state index in [9.17, 15) is 4.39 Å². The Morgan fingerprint density at radius 1 is 1.00 bits per heavy atom. The van der Waals surface area contributed by atoms with Crippen molar-refractivity contribution < 1.29 is 18.6 Å². The number of aliphatic imine (C=N–C) groups is 1. The number of fused-ring (bicyclic) bond motifs is 1. The van der Waals surface area contributed by atoms with Gasteiger partial charge in [-0.1, -0.05) is 12.1 Å². The molecule has 0 aliphatic carbocycles. The molecule has 0 saturated carbocycles. The topological polar surface area (TPSA) is 64.1 Å². The highest BCUT2D eigenvalue weighted by molar-refractivity contribution is 14.0. The lowest BCUT2D eigenvalue weighted by Crippen LogP contribution is -2.46. The molecular weight excluding hydrogens is 512 g/mol. The van der Waals surface area contributed by atoms with Crippen LogP contribution in [0.25, 0.3) is 0 Å². The van der Waals surface area contributed by atoms with Crippen molar-refractivity contribution in [2.75, 3.05) is 45.3 Å². The number of ether oxygens (including phenoxy) is 3. The van der Waals surface area contributed by atoms with Gasteiger partial charge in [-0.15, -0.1) is 24.0 Å². The molecule has 31 heavy (non-hydrogen) atoms. The Labute approximate surface area is 199 Å². The summed E-state index contributed by atoms with van der Waals surface area (Å²) in [7, 11) is 1.74. The summed E-state index contributed by atoms with van der Waals surface area (Å²) in [5, 5.41) is 6.78. The third kappa shape index (κ3) is 5.79. The van der Waals surface area contributed by atoms with Crippen LogP contribution in [-0.4, -0.2) is 46.0 Å². The lowest BCUT2D eigenvalue weighted by atomic mass is 9.74. The fourth-order valence-corrected chi connectivity index (χ4v) is 3.94. The Kier molecular flexibility index (Phi) is 8.36. The number of rotatable bonds is 4. The second-order valence-corrected chi connectivity index (χ2v) is 7.66. The number of halogens is 2. The largest absolute Gasteiger partial charge is 0.490 e. The Morgan fingerprint density at radius 2 is 1.71 bits per heavy atom. The number of hydrogen-bond donors (Lipinski definition) is 2. The molecule has 0 atom stereocenters. The average Bonchev–Trinajstić information content (AvgIpc) is 3.02. The smallest absolute Gasteiger partial charge is 0.195 e. The second-order valence-electron chi connectivity index (χ2n) is 7.66. The van der Waals surface area contributed by atoms with E-state index < -0.39 is 0 Å². The first kappa shape index (κ1) is 23.6. The number of hydrogen-bond acceptors (Lipinski definition) is 4. The lowest BCUT2D eigenvalue weighted by molar-refractivity contribution is 0.0514. The first-order valence-electron chi connectivity index (χ1n) is 10.4. The number of nitrogens with zero attached hydrogens (tertiary/aromatic N) is 1. The van der Waals surface area contributed by atoms with Crippen LogP contribution in [0.1, 0.15) is 24.8 Å². The minimum Gasteiger partial charge on any atom is -0.490 e. The molecule has 2 aromatic rings. The predicted octanol–water partition coefficient (Wildman–Crippen LogP) is 4.34. The van der Waals surface area contributed by atoms with Gasteiger partial charge in [-0.05, 0) is 42.7 Å². The molecule has 2 aromatic carbocycles. The van der Waals surface area contributed by atoms with Gasteiger partial charge in [0.25, 0.3) is 0 Å². The highest BCUT2D eigenvalue weighted by Gasteiger charge is 2.34. The van der Waals surface area contributed by atoms with E-state index in [4.69, 9.17) is 14.2 Å². The van der Waals surface area contributed by atoms with Gasteiger partial charge in [0.2, 0.25) is 0 Å². The zero-order valence-corrected chi connectivity index (χ0v) is 20.0. The van der Waals surface area contributed by atoms with Crippen LogP contribution >= 0.6 is 24.0 Å². The van der Waals surface area contributed by atoms with Gasteiger partial charge in [-0.25, -0.2) is 4.39 Å². The first-order chi connectivity index (χ1) is 14.7. The molecule has 0 aromatic heterocycles. The Balaban J connectivity index is 0.00000272. The minimum absolute atomic E-state index is 0. The molecule has 2 aliphatic rings. The van der Waals surface area contributed by atoms with Crippen LogP contribution < -0.4 is 20.1 Å². The van der Waals surface area contributed by atoms with Crippen molar-refractivity contribution in [1.82, 2.24) is 5.32 Å². The van der Waals surface area contributed by atoms with E-state index in [1.807, 2.05) is 30.3 Å². The Hall–Kier alpha value is -2.07. The second kappa shape index (κ2) is 11.0. The van der Waals surface area contributed by atoms with Crippen LogP contribution in [0, 0.1) is 5.82 Å². The molecular formula is C23H29FIN3O3. The van der Waals surface area contributed by atoms with Gasteiger partial charge < -0.3 is 24.8 Å². The van der Waals surface area contributed by atoms with Crippen LogP contribution in [0.2, 0.25) is 0 Å². The summed E-state index contributed by atoms with van der Waals surface area (Å²) in [6, 6.07) is 12.6. The van der Waals surface area contributed by atoms with Gasteiger partial charge in [0, 0.05) is 50.4 Å². The zero-order valence-electron chi connectivity index (χ0n) is 17.7. The molecule has 2 heterocycles. The number of nitrogens with one attached hydrogen (secondary N) is 2. The van der Waals surface area contributed by atoms with Crippen LogP contribution in [0.15, 0.2) is 47.5 Å². The summed E-state index contributed by atoms with van der Waals surface area (Å²) in [5.74, 6) is 1.94. The quantitative estimate of drug-likeness (QED) is 0.343.